The maximum Gasteiger partial charge on any atom is 0.184 e. The van der Waals surface area contributed by atoms with Gasteiger partial charge in [0.1, 0.15) is 0 Å². The predicted octanol–water partition coefficient (Wildman–Crippen LogP) is 3.89. The fourth-order valence-electron chi connectivity index (χ4n) is 3.18. The summed E-state index contributed by atoms with van der Waals surface area (Å²) >= 11 is 1.67. The lowest BCUT2D eigenvalue weighted by atomic mass is 9.83. The number of hydrogen-bond donors (Lipinski definition) is 0. The van der Waals surface area contributed by atoms with Gasteiger partial charge in [-0.05, 0) is 57.1 Å². The van der Waals surface area contributed by atoms with E-state index in [1.807, 2.05) is 11.4 Å². The summed E-state index contributed by atoms with van der Waals surface area (Å²) in [6, 6.07) is 2.00. The summed E-state index contributed by atoms with van der Waals surface area (Å²) < 4.78 is 0. The van der Waals surface area contributed by atoms with Crippen molar-refractivity contribution in [2.45, 2.75) is 52.0 Å². The van der Waals surface area contributed by atoms with Gasteiger partial charge in [0.05, 0.1) is 5.54 Å². The van der Waals surface area contributed by atoms with Crippen molar-refractivity contribution in [3.63, 3.8) is 0 Å². The van der Waals surface area contributed by atoms with Crippen molar-refractivity contribution >= 4 is 17.1 Å². The Hall–Kier alpha value is -0.670. The lowest BCUT2D eigenvalue weighted by Gasteiger charge is -2.39. The number of Topliss-reactive ketones (excluding diaryl/α,β-unsaturated/α-hetero) is 1. The van der Waals surface area contributed by atoms with Gasteiger partial charge in [0.25, 0.3) is 0 Å². The molecule has 100 valence electrons. The smallest absolute Gasteiger partial charge is 0.184 e. The molecule has 0 atom stereocenters. The molecule has 2 heterocycles. The van der Waals surface area contributed by atoms with Gasteiger partial charge in [-0.1, -0.05) is 13.8 Å². The summed E-state index contributed by atoms with van der Waals surface area (Å²) in [5, 5.41) is 2.03. The molecule has 1 aliphatic heterocycles. The van der Waals surface area contributed by atoms with Crippen molar-refractivity contribution in [1.29, 1.82) is 0 Å². The molecule has 3 heteroatoms. The Balaban J connectivity index is 2.35. The minimum Gasteiger partial charge on any atom is -0.292 e. The van der Waals surface area contributed by atoms with Gasteiger partial charge in [-0.2, -0.15) is 0 Å². The molecule has 0 unspecified atom stereocenters. The Morgan fingerprint density at radius 2 is 1.94 bits per heavy atom. The standard InChI is InChI=1S/C15H23NOS/c1-4-15(5-2,16-9-6-7-10-16)14(17)13-8-11-18-12(13)3/h8,11H,4-7,9-10H2,1-3H3. The lowest BCUT2D eigenvalue weighted by Crippen LogP contribution is -2.52. The first-order valence-corrected chi connectivity index (χ1v) is 7.87. The molecular weight excluding hydrogens is 242 g/mol. The van der Waals surface area contributed by atoms with Gasteiger partial charge in [-0.15, -0.1) is 11.3 Å². The molecule has 1 aromatic rings. The van der Waals surface area contributed by atoms with E-state index >= 15 is 0 Å². The second kappa shape index (κ2) is 5.54. The van der Waals surface area contributed by atoms with Crippen molar-refractivity contribution in [3.05, 3.63) is 21.9 Å². The van der Waals surface area contributed by atoms with E-state index in [9.17, 15) is 4.79 Å². The van der Waals surface area contributed by atoms with Gasteiger partial charge in [0.2, 0.25) is 0 Å². The van der Waals surface area contributed by atoms with Crippen LogP contribution >= 0.6 is 11.3 Å². The Morgan fingerprint density at radius 3 is 2.39 bits per heavy atom. The van der Waals surface area contributed by atoms with Gasteiger partial charge in [-0.25, -0.2) is 0 Å². The second-order valence-corrected chi connectivity index (χ2v) is 6.27. The van der Waals surface area contributed by atoms with Crippen LogP contribution < -0.4 is 0 Å². The number of aryl methyl sites for hydroxylation is 1. The number of carbonyl (C=O) groups is 1. The third-order valence-corrected chi connectivity index (χ3v) is 5.25. The first kappa shape index (κ1) is 13.8. The third-order valence-electron chi connectivity index (χ3n) is 4.41. The highest BCUT2D eigenvalue weighted by molar-refractivity contribution is 7.10. The molecule has 1 saturated heterocycles. The Labute approximate surface area is 114 Å². The third kappa shape index (κ3) is 2.14. The van der Waals surface area contributed by atoms with E-state index in [4.69, 9.17) is 0 Å². The summed E-state index contributed by atoms with van der Waals surface area (Å²) in [6.07, 6.45) is 4.30. The van der Waals surface area contributed by atoms with Crippen LogP contribution in [-0.2, 0) is 0 Å². The SMILES string of the molecule is CCC(CC)(C(=O)c1ccsc1C)N1CCCC1. The zero-order valence-electron chi connectivity index (χ0n) is 11.7. The molecule has 0 radical (unpaired) electrons. The van der Waals surface area contributed by atoms with E-state index in [-0.39, 0.29) is 5.54 Å². The molecule has 0 N–H and O–H groups in total. The first-order valence-electron chi connectivity index (χ1n) is 6.99. The Bertz CT molecular complexity index is 414. The highest BCUT2D eigenvalue weighted by Gasteiger charge is 2.42. The molecule has 2 rings (SSSR count). The molecule has 0 amide bonds. The quantitative estimate of drug-likeness (QED) is 0.753. The minimum absolute atomic E-state index is 0.262. The average Bonchev–Trinajstić information content (AvgIpc) is 3.02. The second-order valence-electron chi connectivity index (χ2n) is 5.15. The minimum atomic E-state index is -0.262. The molecule has 0 aliphatic carbocycles. The molecule has 0 bridgehead atoms. The van der Waals surface area contributed by atoms with Gasteiger partial charge in [0, 0.05) is 10.4 Å². The molecule has 0 aromatic carbocycles. The number of rotatable bonds is 5. The highest BCUT2D eigenvalue weighted by Crippen LogP contribution is 2.33. The van der Waals surface area contributed by atoms with Crippen LogP contribution in [0.5, 0.6) is 0 Å². The molecule has 2 nitrogen and oxygen atoms in total. The van der Waals surface area contributed by atoms with Gasteiger partial charge >= 0.3 is 0 Å². The van der Waals surface area contributed by atoms with E-state index in [0.29, 0.717) is 5.78 Å². The highest BCUT2D eigenvalue weighted by atomic mass is 32.1. The molecule has 18 heavy (non-hydrogen) atoms. The van der Waals surface area contributed by atoms with Crippen LogP contribution in [0.15, 0.2) is 11.4 Å². The molecule has 1 fully saturated rings. The topological polar surface area (TPSA) is 20.3 Å². The largest absolute Gasteiger partial charge is 0.292 e. The average molecular weight is 265 g/mol. The number of thiophene rings is 1. The summed E-state index contributed by atoms with van der Waals surface area (Å²) in [6.45, 7) is 8.52. The summed E-state index contributed by atoms with van der Waals surface area (Å²) in [5.74, 6) is 0.341. The van der Waals surface area contributed by atoms with E-state index in [0.717, 1.165) is 36.4 Å². The Kier molecular flexibility index (Phi) is 4.23. The van der Waals surface area contributed by atoms with Crippen LogP contribution in [0.2, 0.25) is 0 Å². The number of nitrogens with zero attached hydrogens (tertiary/aromatic N) is 1. The van der Waals surface area contributed by atoms with Crippen LogP contribution in [0.3, 0.4) is 0 Å². The molecule has 1 aliphatic rings. The fourth-order valence-corrected chi connectivity index (χ4v) is 3.87. The number of likely N-dealkylation sites (tertiary alicyclic amines) is 1. The van der Waals surface area contributed by atoms with Crippen LogP contribution in [0.1, 0.15) is 54.8 Å². The number of hydrogen-bond acceptors (Lipinski definition) is 3. The van der Waals surface area contributed by atoms with Crippen LogP contribution in [0.4, 0.5) is 0 Å². The van der Waals surface area contributed by atoms with Crippen molar-refractivity contribution in [3.8, 4) is 0 Å². The zero-order valence-corrected chi connectivity index (χ0v) is 12.5. The first-order chi connectivity index (χ1) is 8.65. The van der Waals surface area contributed by atoms with Crippen molar-refractivity contribution in [2.24, 2.45) is 0 Å². The Morgan fingerprint density at radius 1 is 1.33 bits per heavy atom. The molecule has 1 aromatic heterocycles. The van der Waals surface area contributed by atoms with Gasteiger partial charge < -0.3 is 0 Å². The van der Waals surface area contributed by atoms with Crippen molar-refractivity contribution in [1.82, 2.24) is 4.90 Å². The van der Waals surface area contributed by atoms with Crippen LogP contribution in [0, 0.1) is 6.92 Å². The maximum atomic E-state index is 13.0. The number of carbonyl (C=O) groups excluding carboxylic acids is 1. The predicted molar refractivity (Wildman–Crippen MR) is 77.5 cm³/mol. The van der Waals surface area contributed by atoms with Crippen LogP contribution in [-0.4, -0.2) is 29.3 Å². The zero-order chi connectivity index (χ0) is 13.2. The van der Waals surface area contributed by atoms with E-state index < -0.39 is 0 Å². The lowest BCUT2D eigenvalue weighted by molar-refractivity contribution is 0.0581. The molecular formula is C15H23NOS. The summed E-state index contributed by atoms with van der Waals surface area (Å²) in [4.78, 5) is 16.5. The summed E-state index contributed by atoms with van der Waals surface area (Å²) in [7, 11) is 0. The monoisotopic (exact) mass is 265 g/mol. The number of ketones is 1. The normalized spacial score (nSPS) is 17.3. The fraction of sp³-hybridized carbons (Fsp3) is 0.667. The van der Waals surface area contributed by atoms with Gasteiger partial charge in [-0.3, -0.25) is 9.69 Å². The van der Waals surface area contributed by atoms with Gasteiger partial charge in [0.15, 0.2) is 5.78 Å². The molecule has 0 spiro atoms. The summed E-state index contributed by atoms with van der Waals surface area (Å²) in [5.41, 5.74) is 0.679. The van der Waals surface area contributed by atoms with E-state index in [2.05, 4.69) is 25.7 Å². The molecule has 0 saturated carbocycles. The van der Waals surface area contributed by atoms with Crippen molar-refractivity contribution < 1.29 is 4.79 Å². The van der Waals surface area contributed by atoms with Crippen LogP contribution in [0.25, 0.3) is 0 Å². The maximum absolute atomic E-state index is 13.0. The van der Waals surface area contributed by atoms with Crippen molar-refractivity contribution in [2.75, 3.05) is 13.1 Å². The van der Waals surface area contributed by atoms with E-state index in [1.54, 1.807) is 11.3 Å². The van der Waals surface area contributed by atoms with E-state index in [1.165, 1.54) is 12.8 Å².